The minimum absolute atomic E-state index is 0.801. The van der Waals surface area contributed by atoms with Crippen LogP contribution in [0.2, 0.25) is 0 Å². The first-order chi connectivity index (χ1) is 11.3. The molecule has 0 atom stereocenters. The van der Waals surface area contributed by atoms with E-state index < -0.39 is 0 Å². The zero-order valence-corrected chi connectivity index (χ0v) is 14.3. The van der Waals surface area contributed by atoms with Gasteiger partial charge in [-0.05, 0) is 44.5 Å². The highest BCUT2D eigenvalue weighted by Gasteiger charge is 2.03. The molecule has 5 heteroatoms. The van der Waals surface area contributed by atoms with Crippen LogP contribution in [-0.2, 0) is 0 Å². The molecule has 0 bridgehead atoms. The van der Waals surface area contributed by atoms with E-state index in [-0.39, 0.29) is 0 Å². The molecule has 1 aromatic heterocycles. The van der Waals surface area contributed by atoms with Gasteiger partial charge in [0.25, 0.3) is 0 Å². The minimum Gasteiger partial charge on any atom is -0.372 e. The lowest BCUT2D eigenvalue weighted by molar-refractivity contribution is 0.830. The Morgan fingerprint density at radius 3 is 2.30 bits per heavy atom. The van der Waals surface area contributed by atoms with Gasteiger partial charge in [-0.3, -0.25) is 0 Å². The fraction of sp³-hybridized carbons (Fsp3) is 0.444. The van der Waals surface area contributed by atoms with Crippen molar-refractivity contribution in [2.45, 2.75) is 33.6 Å². The normalized spacial score (nSPS) is 10.4. The fourth-order valence-corrected chi connectivity index (χ4v) is 2.41. The molecule has 124 valence electrons. The molecule has 2 rings (SSSR count). The molecule has 2 aromatic rings. The third kappa shape index (κ3) is 5.13. The number of nitrogens with one attached hydrogen (secondary N) is 2. The van der Waals surface area contributed by atoms with Crippen molar-refractivity contribution in [1.29, 1.82) is 0 Å². The first kappa shape index (κ1) is 17.1. The highest BCUT2D eigenvalue weighted by Crippen LogP contribution is 2.21. The summed E-state index contributed by atoms with van der Waals surface area (Å²) in [5, 5.41) is 6.64. The predicted octanol–water partition coefficient (Wildman–Crippen LogP) is 4.28. The van der Waals surface area contributed by atoms with Crippen LogP contribution in [0, 0.1) is 0 Å². The smallest absolute Gasteiger partial charge is 0.135 e. The number of rotatable bonds is 9. The molecular weight excluding hydrogens is 286 g/mol. The van der Waals surface area contributed by atoms with Crippen LogP contribution in [0.3, 0.4) is 0 Å². The molecule has 1 aromatic carbocycles. The van der Waals surface area contributed by atoms with Crippen molar-refractivity contribution in [2.24, 2.45) is 0 Å². The lowest BCUT2D eigenvalue weighted by Gasteiger charge is -2.21. The maximum Gasteiger partial charge on any atom is 0.135 e. The molecule has 5 nitrogen and oxygen atoms in total. The summed E-state index contributed by atoms with van der Waals surface area (Å²) in [6.45, 7) is 9.49. The summed E-state index contributed by atoms with van der Waals surface area (Å²) in [7, 11) is 0. The fourth-order valence-electron chi connectivity index (χ4n) is 2.41. The molecular formula is C18H27N5. The van der Waals surface area contributed by atoms with Crippen molar-refractivity contribution in [1.82, 2.24) is 9.97 Å². The topological polar surface area (TPSA) is 53.1 Å². The van der Waals surface area contributed by atoms with Crippen LogP contribution in [0.25, 0.3) is 0 Å². The highest BCUT2D eigenvalue weighted by atomic mass is 15.1. The van der Waals surface area contributed by atoms with Crippen LogP contribution in [0.15, 0.2) is 36.7 Å². The monoisotopic (exact) mass is 313 g/mol. The van der Waals surface area contributed by atoms with Crippen LogP contribution < -0.4 is 15.5 Å². The molecule has 23 heavy (non-hydrogen) atoms. The van der Waals surface area contributed by atoms with E-state index in [1.54, 1.807) is 6.33 Å². The van der Waals surface area contributed by atoms with Crippen molar-refractivity contribution < 1.29 is 0 Å². The number of benzene rings is 1. The summed E-state index contributed by atoms with van der Waals surface area (Å²) in [4.78, 5) is 10.8. The van der Waals surface area contributed by atoms with Crippen molar-refractivity contribution in [3.05, 3.63) is 36.7 Å². The van der Waals surface area contributed by atoms with E-state index in [4.69, 9.17) is 0 Å². The number of anilines is 4. The molecule has 0 spiro atoms. The second kappa shape index (κ2) is 8.98. The molecule has 1 heterocycles. The van der Waals surface area contributed by atoms with Gasteiger partial charge in [0.15, 0.2) is 0 Å². The largest absolute Gasteiger partial charge is 0.372 e. The molecule has 0 saturated carbocycles. The first-order valence-corrected chi connectivity index (χ1v) is 8.44. The van der Waals surface area contributed by atoms with Crippen molar-refractivity contribution in [3.63, 3.8) is 0 Å². The van der Waals surface area contributed by atoms with Gasteiger partial charge in [-0.15, -0.1) is 0 Å². The third-order valence-corrected chi connectivity index (χ3v) is 3.77. The average molecular weight is 313 g/mol. The van der Waals surface area contributed by atoms with Crippen LogP contribution in [0.1, 0.15) is 33.6 Å². The molecule has 0 radical (unpaired) electrons. The Balaban J connectivity index is 2.00. The van der Waals surface area contributed by atoms with E-state index in [9.17, 15) is 0 Å². The van der Waals surface area contributed by atoms with Crippen LogP contribution in [-0.4, -0.2) is 29.6 Å². The summed E-state index contributed by atoms with van der Waals surface area (Å²) in [5.74, 6) is 1.66. The van der Waals surface area contributed by atoms with Gasteiger partial charge in [-0.25, -0.2) is 9.97 Å². The molecule has 0 fully saturated rings. The maximum absolute atomic E-state index is 4.28. The van der Waals surface area contributed by atoms with Gasteiger partial charge >= 0.3 is 0 Å². The summed E-state index contributed by atoms with van der Waals surface area (Å²) >= 11 is 0. The summed E-state index contributed by atoms with van der Waals surface area (Å²) in [5.41, 5.74) is 2.27. The van der Waals surface area contributed by atoms with E-state index in [1.807, 2.05) is 6.07 Å². The zero-order valence-electron chi connectivity index (χ0n) is 14.3. The van der Waals surface area contributed by atoms with Crippen LogP contribution in [0.4, 0.5) is 23.0 Å². The number of aromatic nitrogens is 2. The first-order valence-electron chi connectivity index (χ1n) is 8.44. The van der Waals surface area contributed by atoms with Gasteiger partial charge in [-0.2, -0.15) is 0 Å². The Morgan fingerprint density at radius 2 is 1.65 bits per heavy atom. The Labute approximate surface area is 139 Å². The Morgan fingerprint density at radius 1 is 0.957 bits per heavy atom. The van der Waals surface area contributed by atoms with Gasteiger partial charge in [0.2, 0.25) is 0 Å². The molecule has 0 amide bonds. The quantitative estimate of drug-likeness (QED) is 0.677. The van der Waals surface area contributed by atoms with Gasteiger partial charge in [0, 0.05) is 37.1 Å². The van der Waals surface area contributed by atoms with Gasteiger partial charge in [0.05, 0.1) is 0 Å². The lowest BCUT2D eigenvalue weighted by Crippen LogP contribution is -2.21. The van der Waals surface area contributed by atoms with E-state index in [0.29, 0.717) is 0 Å². The Bertz CT molecular complexity index is 578. The average Bonchev–Trinajstić information content (AvgIpc) is 2.58. The number of hydrogen-bond acceptors (Lipinski definition) is 5. The summed E-state index contributed by atoms with van der Waals surface area (Å²) in [6, 6.07) is 10.4. The second-order valence-electron chi connectivity index (χ2n) is 5.41. The molecule has 2 N–H and O–H groups in total. The Kier molecular flexibility index (Phi) is 6.66. The zero-order chi connectivity index (χ0) is 16.5. The lowest BCUT2D eigenvalue weighted by atomic mass is 10.2. The SMILES string of the molecule is CCCCNc1cc(Nc2ccc(N(CC)CC)cc2)ncn1. The Hall–Kier alpha value is -2.30. The van der Waals surface area contributed by atoms with E-state index in [0.717, 1.165) is 43.4 Å². The van der Waals surface area contributed by atoms with Crippen LogP contribution >= 0.6 is 0 Å². The number of hydrogen-bond donors (Lipinski definition) is 2. The number of nitrogens with zero attached hydrogens (tertiary/aromatic N) is 3. The van der Waals surface area contributed by atoms with Gasteiger partial charge in [-0.1, -0.05) is 13.3 Å². The molecule has 0 unspecified atom stereocenters. The van der Waals surface area contributed by atoms with Crippen molar-refractivity contribution >= 4 is 23.0 Å². The molecule has 0 aliphatic heterocycles. The van der Waals surface area contributed by atoms with E-state index >= 15 is 0 Å². The highest BCUT2D eigenvalue weighted by molar-refractivity contribution is 5.62. The van der Waals surface area contributed by atoms with Crippen molar-refractivity contribution in [3.8, 4) is 0 Å². The maximum atomic E-state index is 4.28. The van der Waals surface area contributed by atoms with Crippen LogP contribution in [0.5, 0.6) is 0 Å². The molecule has 0 saturated heterocycles. The van der Waals surface area contributed by atoms with Gasteiger partial charge < -0.3 is 15.5 Å². The van der Waals surface area contributed by atoms with Gasteiger partial charge in [0.1, 0.15) is 18.0 Å². The predicted molar refractivity (Wildman–Crippen MR) is 98.7 cm³/mol. The summed E-state index contributed by atoms with van der Waals surface area (Å²) in [6.07, 6.45) is 3.89. The minimum atomic E-state index is 0.801. The van der Waals surface area contributed by atoms with E-state index in [2.05, 4.69) is 70.5 Å². The third-order valence-electron chi connectivity index (χ3n) is 3.77. The second-order valence-corrected chi connectivity index (χ2v) is 5.41. The molecule has 0 aliphatic carbocycles. The standard InChI is InChI=1S/C18H27N5/c1-4-7-12-19-17-13-18(21-14-20-17)22-15-8-10-16(11-9-15)23(5-2)6-3/h8-11,13-14H,4-7,12H2,1-3H3,(H2,19,20,21,22). The van der Waals surface area contributed by atoms with Crippen molar-refractivity contribution in [2.75, 3.05) is 35.2 Å². The molecule has 0 aliphatic rings. The number of unbranched alkanes of at least 4 members (excludes halogenated alkanes) is 1. The summed E-state index contributed by atoms with van der Waals surface area (Å²) < 4.78 is 0. The van der Waals surface area contributed by atoms with E-state index in [1.165, 1.54) is 12.1 Å².